The van der Waals surface area contributed by atoms with Crippen LogP contribution in [-0.2, 0) is 9.73 Å². The van der Waals surface area contributed by atoms with E-state index in [-0.39, 0.29) is 5.57 Å². The van der Waals surface area contributed by atoms with Gasteiger partial charge in [-0.1, -0.05) is 46.7 Å². The Labute approximate surface area is 158 Å². The Morgan fingerprint density at radius 3 is 2.67 bits per heavy atom. The van der Waals surface area contributed by atoms with Gasteiger partial charge in [0.1, 0.15) is 17.4 Å². The number of hydrogen-bond acceptors (Lipinski definition) is 6. The van der Waals surface area contributed by atoms with Gasteiger partial charge in [-0.15, -0.1) is 11.3 Å². The van der Waals surface area contributed by atoms with E-state index in [0.29, 0.717) is 10.6 Å². The molecule has 7 heteroatoms. The van der Waals surface area contributed by atoms with E-state index in [1.807, 2.05) is 42.5 Å². The van der Waals surface area contributed by atoms with E-state index in [0.717, 1.165) is 21.2 Å². The lowest BCUT2D eigenvalue weighted by atomic mass is 10.0. The zero-order valence-corrected chi connectivity index (χ0v) is 14.8. The molecule has 27 heavy (non-hydrogen) atoms. The number of rotatable bonds is 6. The summed E-state index contributed by atoms with van der Waals surface area (Å²) in [5.41, 5.74) is 1.01. The van der Waals surface area contributed by atoms with E-state index in [2.05, 4.69) is 17.0 Å². The zero-order valence-electron chi connectivity index (χ0n) is 14.0. The molecule has 0 aliphatic carbocycles. The summed E-state index contributed by atoms with van der Waals surface area (Å²) in [6.07, 6.45) is 1.32. The van der Waals surface area contributed by atoms with Gasteiger partial charge in [0.05, 0.1) is 4.88 Å². The van der Waals surface area contributed by atoms with Gasteiger partial charge in [-0.2, -0.15) is 5.26 Å². The van der Waals surface area contributed by atoms with Crippen LogP contribution in [-0.4, -0.2) is 23.5 Å². The fraction of sp³-hybridized carbons (Fsp3) is 0. The van der Waals surface area contributed by atoms with Crippen molar-refractivity contribution in [3.05, 3.63) is 75.5 Å². The molecule has 0 amide bonds. The summed E-state index contributed by atoms with van der Waals surface area (Å²) < 4.78 is 0. The molecular formula is C20H13N3O3S. The van der Waals surface area contributed by atoms with Gasteiger partial charge in [0, 0.05) is 17.2 Å². The highest BCUT2D eigenvalue weighted by atomic mass is 32.1. The molecule has 2 aromatic carbocycles. The number of nitriles is 1. The molecule has 0 fully saturated rings. The molecule has 0 spiro atoms. The molecule has 0 unspecified atom stereocenters. The molecule has 0 radical (unpaired) electrons. The zero-order chi connectivity index (χ0) is 19.2. The molecule has 0 aliphatic heterocycles. The van der Waals surface area contributed by atoms with Gasteiger partial charge in [0.25, 0.3) is 0 Å². The van der Waals surface area contributed by atoms with E-state index in [4.69, 9.17) is 15.3 Å². The molecule has 0 atom stereocenters. The van der Waals surface area contributed by atoms with Crippen molar-refractivity contribution >= 4 is 46.6 Å². The van der Waals surface area contributed by atoms with Crippen molar-refractivity contribution in [1.29, 1.82) is 5.26 Å². The Morgan fingerprint density at radius 1 is 1.19 bits per heavy atom. The number of benzene rings is 2. The highest BCUT2D eigenvalue weighted by Gasteiger charge is 2.13. The van der Waals surface area contributed by atoms with Crippen molar-refractivity contribution in [2.45, 2.75) is 0 Å². The van der Waals surface area contributed by atoms with Crippen molar-refractivity contribution < 1.29 is 14.8 Å². The third-order valence-electron chi connectivity index (χ3n) is 3.71. The molecule has 0 saturated heterocycles. The molecule has 1 heterocycles. The molecule has 1 aromatic heterocycles. The molecule has 6 nitrogen and oxygen atoms in total. The van der Waals surface area contributed by atoms with Crippen LogP contribution in [0.15, 0.2) is 70.5 Å². The first kappa shape index (κ1) is 18.0. The Kier molecular flexibility index (Phi) is 5.40. The van der Waals surface area contributed by atoms with Crippen molar-refractivity contribution in [2.24, 2.45) is 10.3 Å². The van der Waals surface area contributed by atoms with Crippen LogP contribution in [0.1, 0.15) is 15.3 Å². The first-order valence-electron chi connectivity index (χ1n) is 7.77. The first-order chi connectivity index (χ1) is 13.1. The van der Waals surface area contributed by atoms with Crippen LogP contribution >= 0.6 is 11.3 Å². The second kappa shape index (κ2) is 8.08. The lowest BCUT2D eigenvalue weighted by Crippen LogP contribution is -2.01. The van der Waals surface area contributed by atoms with Crippen LogP contribution in [0, 0.1) is 11.3 Å². The van der Waals surface area contributed by atoms with Gasteiger partial charge in [-0.25, -0.2) is 9.73 Å². The van der Waals surface area contributed by atoms with Crippen molar-refractivity contribution in [3.8, 4) is 6.07 Å². The third-order valence-corrected chi connectivity index (χ3v) is 4.75. The van der Waals surface area contributed by atoms with Gasteiger partial charge in [0.15, 0.2) is 0 Å². The molecule has 0 saturated carbocycles. The summed E-state index contributed by atoms with van der Waals surface area (Å²) in [6, 6.07) is 19.0. The SMILES string of the molecule is C=NO/N=C(/c1ccc2ccccc2c1)c1ccc(/C=C(\C#N)C(=O)O)s1. The van der Waals surface area contributed by atoms with Crippen molar-refractivity contribution in [3.63, 3.8) is 0 Å². The van der Waals surface area contributed by atoms with E-state index in [1.54, 1.807) is 18.2 Å². The van der Waals surface area contributed by atoms with Crippen LogP contribution in [0.2, 0.25) is 0 Å². The Bertz CT molecular complexity index is 1120. The van der Waals surface area contributed by atoms with E-state index >= 15 is 0 Å². The summed E-state index contributed by atoms with van der Waals surface area (Å²) in [5, 5.41) is 27.4. The predicted molar refractivity (Wildman–Crippen MR) is 106 cm³/mol. The van der Waals surface area contributed by atoms with Gasteiger partial charge in [-0.05, 0) is 35.0 Å². The standard InChI is InChI=1S/C20H13N3O3S/c1-22-26-23-19(15-7-6-13-4-2-3-5-14(13)10-15)18-9-8-17(27-18)11-16(12-21)20(24)25/h2-11H,1H2,(H,24,25)/b16-11+,23-19-. The predicted octanol–water partition coefficient (Wildman–Crippen LogP) is 4.28. The van der Waals surface area contributed by atoms with Gasteiger partial charge in [-0.3, -0.25) is 0 Å². The number of carboxylic acids is 1. The number of carbonyl (C=O) groups is 1. The number of hydrogen-bond donors (Lipinski definition) is 1. The highest BCUT2D eigenvalue weighted by molar-refractivity contribution is 7.15. The number of carboxylic acid groups (broad SMARTS) is 1. The maximum Gasteiger partial charge on any atom is 0.346 e. The van der Waals surface area contributed by atoms with E-state index < -0.39 is 5.97 Å². The number of thiophene rings is 1. The fourth-order valence-electron chi connectivity index (χ4n) is 2.49. The quantitative estimate of drug-likeness (QED) is 0.301. The van der Waals surface area contributed by atoms with Crippen LogP contribution in [0.4, 0.5) is 0 Å². The van der Waals surface area contributed by atoms with Gasteiger partial charge >= 0.3 is 5.97 Å². The lowest BCUT2D eigenvalue weighted by Gasteiger charge is -2.05. The first-order valence-corrected chi connectivity index (χ1v) is 8.58. The van der Waals surface area contributed by atoms with Gasteiger partial charge < -0.3 is 5.11 Å². The van der Waals surface area contributed by atoms with Gasteiger partial charge in [0.2, 0.25) is 0 Å². The summed E-state index contributed by atoms with van der Waals surface area (Å²) in [6.45, 7) is 3.26. The summed E-state index contributed by atoms with van der Waals surface area (Å²) >= 11 is 1.29. The maximum absolute atomic E-state index is 11.0. The summed E-state index contributed by atoms with van der Waals surface area (Å²) in [7, 11) is 0. The molecule has 3 rings (SSSR count). The lowest BCUT2D eigenvalue weighted by molar-refractivity contribution is -0.132. The normalized spacial score (nSPS) is 11.8. The second-order valence-corrected chi connectivity index (χ2v) is 6.50. The third kappa shape index (κ3) is 4.08. The topological polar surface area (TPSA) is 95.0 Å². The van der Waals surface area contributed by atoms with Crippen LogP contribution in [0.3, 0.4) is 0 Å². The minimum Gasteiger partial charge on any atom is -0.477 e. The Balaban J connectivity index is 2.04. The molecule has 3 aromatic rings. The molecular weight excluding hydrogens is 362 g/mol. The fourth-order valence-corrected chi connectivity index (χ4v) is 3.44. The Hall–Kier alpha value is -3.76. The summed E-state index contributed by atoms with van der Waals surface area (Å²) in [4.78, 5) is 17.2. The summed E-state index contributed by atoms with van der Waals surface area (Å²) in [5.74, 6) is -1.27. The highest BCUT2D eigenvalue weighted by Crippen LogP contribution is 2.25. The minimum absolute atomic E-state index is 0.336. The van der Waals surface area contributed by atoms with Crippen LogP contribution in [0.25, 0.3) is 16.8 Å². The van der Waals surface area contributed by atoms with Crippen molar-refractivity contribution in [1.82, 2.24) is 0 Å². The second-order valence-electron chi connectivity index (χ2n) is 5.39. The number of fused-ring (bicyclic) bond motifs is 1. The van der Waals surface area contributed by atoms with Crippen LogP contribution in [0.5, 0.6) is 0 Å². The Morgan fingerprint density at radius 2 is 1.96 bits per heavy atom. The maximum atomic E-state index is 11.0. The van der Waals surface area contributed by atoms with E-state index in [1.165, 1.54) is 17.4 Å². The van der Waals surface area contributed by atoms with E-state index in [9.17, 15) is 4.79 Å². The molecule has 132 valence electrons. The molecule has 1 N–H and O–H groups in total. The van der Waals surface area contributed by atoms with Crippen molar-refractivity contribution in [2.75, 3.05) is 0 Å². The monoisotopic (exact) mass is 375 g/mol. The minimum atomic E-state index is -1.27. The van der Waals surface area contributed by atoms with Crippen LogP contribution < -0.4 is 0 Å². The smallest absolute Gasteiger partial charge is 0.346 e. The number of oxime groups is 2. The number of nitrogens with zero attached hydrogens (tertiary/aromatic N) is 3. The molecule has 0 bridgehead atoms. The number of aliphatic carboxylic acids is 1. The largest absolute Gasteiger partial charge is 0.477 e. The average molecular weight is 375 g/mol. The molecule has 0 aliphatic rings. The average Bonchev–Trinajstić information content (AvgIpc) is 3.14.